The highest BCUT2D eigenvalue weighted by Gasteiger charge is 2.18. The molecule has 0 N–H and O–H groups in total. The van der Waals surface area contributed by atoms with Gasteiger partial charge in [0, 0.05) is 0 Å². The predicted molar refractivity (Wildman–Crippen MR) is 163 cm³/mol. The van der Waals surface area contributed by atoms with Gasteiger partial charge in [0.1, 0.15) is 0 Å². The molecule has 4 aromatic heterocycles. The standard InChI is InChI=1S/C30H44S4/c1-3-5-7-9-11-13-15-17-19-23-21-31-27-25(23)33-30-28-26(34-29(27)30)24(22-32-28)20-18-16-14-12-10-8-6-4-2/h21-22H,3-20H2,1-2H3. The molecule has 4 heterocycles. The average Bonchev–Trinajstić information content (AvgIpc) is 3.58. The van der Waals surface area contributed by atoms with Gasteiger partial charge < -0.3 is 0 Å². The number of rotatable bonds is 18. The van der Waals surface area contributed by atoms with Crippen molar-refractivity contribution in [3.05, 3.63) is 21.9 Å². The summed E-state index contributed by atoms with van der Waals surface area (Å²) in [5, 5.41) is 4.94. The summed E-state index contributed by atoms with van der Waals surface area (Å²) in [4.78, 5) is 0. The Kier molecular flexibility index (Phi) is 11.2. The number of thiophene rings is 4. The van der Waals surface area contributed by atoms with Crippen molar-refractivity contribution in [2.75, 3.05) is 0 Å². The lowest BCUT2D eigenvalue weighted by molar-refractivity contribution is 0.576. The average molecular weight is 533 g/mol. The highest BCUT2D eigenvalue weighted by atomic mass is 32.1. The molecule has 0 aliphatic heterocycles. The minimum atomic E-state index is 1.28. The first-order chi connectivity index (χ1) is 16.8. The van der Waals surface area contributed by atoms with Gasteiger partial charge in [-0.25, -0.2) is 0 Å². The molecular formula is C30H44S4. The maximum absolute atomic E-state index is 2.47. The third kappa shape index (κ3) is 6.87. The summed E-state index contributed by atoms with van der Waals surface area (Å²) >= 11 is 8.21. The van der Waals surface area contributed by atoms with Crippen LogP contribution in [0.4, 0.5) is 0 Å². The zero-order valence-corrected chi connectivity index (χ0v) is 24.8. The van der Waals surface area contributed by atoms with E-state index in [-0.39, 0.29) is 0 Å². The zero-order valence-electron chi connectivity index (χ0n) is 21.5. The lowest BCUT2D eigenvalue weighted by Crippen LogP contribution is -1.84. The van der Waals surface area contributed by atoms with E-state index in [9.17, 15) is 0 Å². The first-order valence-electron chi connectivity index (χ1n) is 14.1. The summed E-state index contributed by atoms with van der Waals surface area (Å²) < 4.78 is 9.56. The van der Waals surface area contributed by atoms with Gasteiger partial charge in [-0.15, -0.1) is 45.3 Å². The molecule has 0 aliphatic carbocycles. The third-order valence-corrected chi connectivity index (χ3v) is 12.6. The summed E-state index contributed by atoms with van der Waals surface area (Å²) in [5.41, 5.74) is 3.26. The Morgan fingerprint density at radius 1 is 0.412 bits per heavy atom. The second kappa shape index (κ2) is 14.4. The molecule has 0 saturated heterocycles. The fourth-order valence-corrected chi connectivity index (χ4v) is 10.9. The van der Waals surface area contributed by atoms with Crippen LogP contribution in [0, 0.1) is 0 Å². The summed E-state index contributed by atoms with van der Waals surface area (Å²) in [7, 11) is 0. The lowest BCUT2D eigenvalue weighted by Gasteiger charge is -2.01. The minimum Gasteiger partial charge on any atom is -0.141 e. The van der Waals surface area contributed by atoms with Crippen LogP contribution in [0.3, 0.4) is 0 Å². The molecule has 4 heteroatoms. The van der Waals surface area contributed by atoms with E-state index in [1.165, 1.54) is 116 Å². The Hall–Kier alpha value is -0.420. The van der Waals surface area contributed by atoms with Gasteiger partial charge >= 0.3 is 0 Å². The van der Waals surface area contributed by atoms with Crippen molar-refractivity contribution in [2.24, 2.45) is 0 Å². The summed E-state index contributed by atoms with van der Waals surface area (Å²) in [5.74, 6) is 0. The molecule has 188 valence electrons. The number of aryl methyl sites for hydroxylation is 2. The number of fused-ring (bicyclic) bond motifs is 5. The molecule has 0 radical (unpaired) electrons. The van der Waals surface area contributed by atoms with Crippen LogP contribution in [0.15, 0.2) is 10.8 Å². The molecule has 0 atom stereocenters. The molecule has 4 aromatic rings. The van der Waals surface area contributed by atoms with Crippen LogP contribution >= 0.6 is 45.3 Å². The lowest BCUT2D eigenvalue weighted by atomic mass is 10.1. The fraction of sp³-hybridized carbons (Fsp3) is 0.667. The van der Waals surface area contributed by atoms with Crippen molar-refractivity contribution in [2.45, 2.75) is 129 Å². The maximum Gasteiger partial charge on any atom is 0.0650 e. The fourth-order valence-electron chi connectivity index (χ4n) is 5.14. The monoisotopic (exact) mass is 532 g/mol. The van der Waals surface area contributed by atoms with Crippen molar-refractivity contribution in [3.63, 3.8) is 0 Å². The van der Waals surface area contributed by atoms with E-state index in [0.717, 1.165) is 0 Å². The second-order valence-electron chi connectivity index (χ2n) is 10.2. The van der Waals surface area contributed by atoms with Crippen LogP contribution in [0.2, 0.25) is 0 Å². The first kappa shape index (κ1) is 26.6. The molecule has 0 bridgehead atoms. The molecule has 0 nitrogen and oxygen atoms in total. The van der Waals surface area contributed by atoms with Gasteiger partial charge in [-0.3, -0.25) is 0 Å². The van der Waals surface area contributed by atoms with E-state index in [0.29, 0.717) is 0 Å². The number of hydrogen-bond acceptors (Lipinski definition) is 4. The Bertz CT molecular complexity index is 1020. The van der Waals surface area contributed by atoms with E-state index < -0.39 is 0 Å². The largest absolute Gasteiger partial charge is 0.141 e. The highest BCUT2D eigenvalue weighted by molar-refractivity contribution is 7.44. The highest BCUT2D eigenvalue weighted by Crippen LogP contribution is 2.50. The van der Waals surface area contributed by atoms with Gasteiger partial charge in [0.25, 0.3) is 0 Å². The predicted octanol–water partition coefficient (Wildman–Crippen LogP) is 12.8. The Morgan fingerprint density at radius 2 is 0.765 bits per heavy atom. The number of unbranched alkanes of at least 4 members (excludes halogenated alkanes) is 14. The van der Waals surface area contributed by atoms with Gasteiger partial charge in [-0.05, 0) is 47.6 Å². The van der Waals surface area contributed by atoms with Crippen molar-refractivity contribution in [3.8, 4) is 0 Å². The van der Waals surface area contributed by atoms with Crippen LogP contribution < -0.4 is 0 Å². The smallest absolute Gasteiger partial charge is 0.0650 e. The number of hydrogen-bond donors (Lipinski definition) is 0. The summed E-state index contributed by atoms with van der Waals surface area (Å²) in [6.45, 7) is 4.60. The maximum atomic E-state index is 2.47. The molecule has 0 unspecified atom stereocenters. The van der Waals surface area contributed by atoms with Gasteiger partial charge in [-0.1, -0.05) is 104 Å². The Morgan fingerprint density at radius 3 is 1.15 bits per heavy atom. The van der Waals surface area contributed by atoms with Crippen LogP contribution in [-0.4, -0.2) is 0 Å². The second-order valence-corrected chi connectivity index (χ2v) is 14.0. The van der Waals surface area contributed by atoms with Crippen LogP contribution in [-0.2, 0) is 12.8 Å². The summed E-state index contributed by atoms with van der Waals surface area (Å²) in [6, 6.07) is 0. The zero-order chi connectivity index (χ0) is 23.6. The van der Waals surface area contributed by atoms with E-state index >= 15 is 0 Å². The molecule has 0 aromatic carbocycles. The molecule has 4 rings (SSSR count). The van der Waals surface area contributed by atoms with E-state index in [4.69, 9.17) is 0 Å². The topological polar surface area (TPSA) is 0 Å². The molecule has 0 fully saturated rings. The van der Waals surface area contributed by atoms with Gasteiger partial charge in [-0.2, -0.15) is 0 Å². The summed E-state index contributed by atoms with van der Waals surface area (Å²) in [6.07, 6.45) is 25.1. The molecule has 34 heavy (non-hydrogen) atoms. The van der Waals surface area contributed by atoms with Gasteiger partial charge in [0.15, 0.2) is 0 Å². The quantitative estimate of drug-likeness (QED) is 0.112. The van der Waals surface area contributed by atoms with Gasteiger partial charge in [0.2, 0.25) is 0 Å². The molecule has 0 aliphatic rings. The Balaban J connectivity index is 1.28. The van der Waals surface area contributed by atoms with Gasteiger partial charge in [0.05, 0.1) is 28.2 Å². The molecular weight excluding hydrogens is 489 g/mol. The van der Waals surface area contributed by atoms with Crippen molar-refractivity contribution < 1.29 is 0 Å². The van der Waals surface area contributed by atoms with E-state index in [2.05, 4.69) is 47.3 Å². The van der Waals surface area contributed by atoms with Crippen molar-refractivity contribution in [1.29, 1.82) is 0 Å². The molecule has 0 saturated carbocycles. The van der Waals surface area contributed by atoms with E-state index in [1.54, 1.807) is 39.3 Å². The van der Waals surface area contributed by atoms with Crippen LogP contribution in [0.1, 0.15) is 128 Å². The van der Waals surface area contributed by atoms with Crippen LogP contribution in [0.25, 0.3) is 28.2 Å². The Labute approximate surface area is 223 Å². The first-order valence-corrected chi connectivity index (χ1v) is 17.5. The third-order valence-electron chi connectivity index (χ3n) is 7.26. The SMILES string of the molecule is CCCCCCCCCCc1csc2c1sc1c3scc(CCCCCCCCCC)c3sc21. The van der Waals surface area contributed by atoms with Crippen molar-refractivity contribution >= 4 is 73.5 Å². The minimum absolute atomic E-state index is 1.28. The normalized spacial score (nSPS) is 12.2. The molecule has 0 spiro atoms. The van der Waals surface area contributed by atoms with Crippen LogP contribution in [0.5, 0.6) is 0 Å². The van der Waals surface area contributed by atoms with Crippen molar-refractivity contribution in [1.82, 2.24) is 0 Å². The van der Waals surface area contributed by atoms with E-state index in [1.807, 2.05) is 22.7 Å². The molecule has 0 amide bonds.